The smallest absolute Gasteiger partial charge is 0.305 e. The molecule has 2 heterocycles. The Morgan fingerprint density at radius 3 is 2.91 bits per heavy atom. The molecular weight excluding hydrogens is 406 g/mol. The molecule has 0 saturated heterocycles. The van der Waals surface area contributed by atoms with Crippen molar-refractivity contribution in [1.29, 1.82) is 0 Å². The van der Waals surface area contributed by atoms with Crippen LogP contribution in [0.15, 0.2) is 30.5 Å². The number of nitrogens with one attached hydrogen (secondary N) is 1. The standard InChI is InChI=1S/C24H37N5O3/c1-18-8-5-6-9-21(18)13-28(4)15-23-19(2)12-25-20(3)16-32-24(30)10-7-11-29-14-22(17-31-23)26-27-29/h5-6,8-9,14,19-20,23,25H,7,10-13,15-17H2,1-4H3/t19-,20-,23-/m0/s1. The number of ether oxygens (including phenoxy) is 2. The van der Waals surface area contributed by atoms with Gasteiger partial charge in [-0.15, -0.1) is 5.10 Å². The van der Waals surface area contributed by atoms with E-state index in [1.165, 1.54) is 11.1 Å². The molecule has 0 fully saturated rings. The van der Waals surface area contributed by atoms with Gasteiger partial charge in [0.15, 0.2) is 0 Å². The second-order valence-electron chi connectivity index (χ2n) is 9.02. The molecule has 176 valence electrons. The fraction of sp³-hybridized carbons (Fsp3) is 0.625. The van der Waals surface area contributed by atoms with Crippen molar-refractivity contribution < 1.29 is 14.3 Å². The van der Waals surface area contributed by atoms with Crippen LogP contribution in [-0.2, 0) is 34.0 Å². The van der Waals surface area contributed by atoms with Crippen LogP contribution in [0.5, 0.6) is 0 Å². The van der Waals surface area contributed by atoms with Crippen LogP contribution in [0.1, 0.15) is 43.5 Å². The Morgan fingerprint density at radius 2 is 2.09 bits per heavy atom. The van der Waals surface area contributed by atoms with E-state index >= 15 is 0 Å². The van der Waals surface area contributed by atoms with Crippen LogP contribution in [0.4, 0.5) is 0 Å². The molecule has 1 aliphatic rings. The van der Waals surface area contributed by atoms with Crippen molar-refractivity contribution in [3.63, 3.8) is 0 Å². The minimum Gasteiger partial charge on any atom is -0.464 e. The van der Waals surface area contributed by atoms with E-state index in [2.05, 4.69) is 65.7 Å². The lowest BCUT2D eigenvalue weighted by Gasteiger charge is -2.30. The van der Waals surface area contributed by atoms with E-state index in [-0.39, 0.29) is 24.0 Å². The number of likely N-dealkylation sites (N-methyl/N-ethyl adjacent to an activating group) is 1. The van der Waals surface area contributed by atoms with Gasteiger partial charge in [-0.1, -0.05) is 36.4 Å². The molecule has 0 unspecified atom stereocenters. The van der Waals surface area contributed by atoms with E-state index in [4.69, 9.17) is 9.47 Å². The molecule has 8 nitrogen and oxygen atoms in total. The summed E-state index contributed by atoms with van der Waals surface area (Å²) in [6.07, 6.45) is 2.97. The number of aromatic nitrogens is 3. The predicted octanol–water partition coefficient (Wildman–Crippen LogP) is 2.55. The second kappa shape index (κ2) is 12.1. The molecule has 0 amide bonds. The maximum atomic E-state index is 12.0. The fourth-order valence-corrected chi connectivity index (χ4v) is 3.81. The fourth-order valence-electron chi connectivity index (χ4n) is 3.81. The summed E-state index contributed by atoms with van der Waals surface area (Å²) in [4.78, 5) is 14.3. The molecule has 3 atom stereocenters. The number of hydrogen-bond donors (Lipinski definition) is 1. The van der Waals surface area contributed by atoms with E-state index in [0.29, 0.717) is 32.6 Å². The molecule has 0 aliphatic carbocycles. The van der Waals surface area contributed by atoms with Gasteiger partial charge in [-0.3, -0.25) is 14.4 Å². The molecule has 1 aliphatic heterocycles. The summed E-state index contributed by atoms with van der Waals surface area (Å²) >= 11 is 0. The van der Waals surface area contributed by atoms with Gasteiger partial charge in [0.1, 0.15) is 12.3 Å². The summed E-state index contributed by atoms with van der Waals surface area (Å²) in [6.45, 7) is 10.3. The largest absolute Gasteiger partial charge is 0.464 e. The minimum absolute atomic E-state index is 0.0179. The number of hydrogen-bond acceptors (Lipinski definition) is 7. The van der Waals surface area contributed by atoms with Crippen LogP contribution in [-0.4, -0.2) is 64.8 Å². The first kappa shape index (κ1) is 24.4. The molecule has 8 heteroatoms. The quantitative estimate of drug-likeness (QED) is 0.727. The maximum Gasteiger partial charge on any atom is 0.305 e. The van der Waals surface area contributed by atoms with Gasteiger partial charge in [-0.05, 0) is 44.4 Å². The molecular formula is C24H37N5O3. The Hall–Kier alpha value is -2.29. The van der Waals surface area contributed by atoms with Crippen LogP contribution in [0.2, 0.25) is 0 Å². The average molecular weight is 444 g/mol. The average Bonchev–Trinajstić information content (AvgIpc) is 3.22. The zero-order valence-electron chi connectivity index (χ0n) is 19.8. The highest BCUT2D eigenvalue weighted by Gasteiger charge is 2.22. The van der Waals surface area contributed by atoms with Crippen molar-refractivity contribution in [3.05, 3.63) is 47.3 Å². The van der Waals surface area contributed by atoms with Crippen LogP contribution in [0, 0.1) is 12.8 Å². The van der Waals surface area contributed by atoms with Crippen LogP contribution in [0.25, 0.3) is 0 Å². The summed E-state index contributed by atoms with van der Waals surface area (Å²) in [5.74, 6) is 0.0913. The first-order valence-electron chi connectivity index (χ1n) is 11.5. The summed E-state index contributed by atoms with van der Waals surface area (Å²) in [6, 6.07) is 8.58. The predicted molar refractivity (Wildman–Crippen MR) is 123 cm³/mol. The number of benzene rings is 1. The van der Waals surface area contributed by atoms with E-state index < -0.39 is 0 Å². The van der Waals surface area contributed by atoms with Gasteiger partial charge >= 0.3 is 5.97 Å². The summed E-state index contributed by atoms with van der Waals surface area (Å²) in [5, 5.41) is 11.9. The highest BCUT2D eigenvalue weighted by Crippen LogP contribution is 2.15. The number of cyclic esters (lactones) is 1. The summed E-state index contributed by atoms with van der Waals surface area (Å²) < 4.78 is 13.5. The zero-order chi connectivity index (χ0) is 22.9. The molecule has 2 bridgehead atoms. The minimum atomic E-state index is -0.168. The SMILES string of the molecule is Cc1ccccc1CN(C)C[C@@H]1OCc2cn(nn2)CCCC(=O)OC[C@H](C)NC[C@@H]1C. The molecule has 2 aromatic rings. The Kier molecular flexibility index (Phi) is 9.20. The van der Waals surface area contributed by atoms with Gasteiger partial charge < -0.3 is 14.8 Å². The van der Waals surface area contributed by atoms with Crippen LogP contribution < -0.4 is 5.32 Å². The van der Waals surface area contributed by atoms with E-state index in [1.807, 2.05) is 13.1 Å². The molecule has 32 heavy (non-hydrogen) atoms. The summed E-state index contributed by atoms with van der Waals surface area (Å²) in [7, 11) is 2.13. The van der Waals surface area contributed by atoms with Crippen molar-refractivity contribution >= 4 is 5.97 Å². The second-order valence-corrected chi connectivity index (χ2v) is 9.02. The lowest BCUT2D eigenvalue weighted by atomic mass is 10.0. The highest BCUT2D eigenvalue weighted by atomic mass is 16.5. The first-order valence-corrected chi connectivity index (χ1v) is 11.5. The van der Waals surface area contributed by atoms with Crippen molar-refractivity contribution in [2.45, 2.75) is 65.5 Å². The molecule has 1 N–H and O–H groups in total. The lowest BCUT2D eigenvalue weighted by molar-refractivity contribution is -0.144. The van der Waals surface area contributed by atoms with Crippen LogP contribution in [0.3, 0.4) is 0 Å². The van der Waals surface area contributed by atoms with E-state index in [9.17, 15) is 4.79 Å². The Morgan fingerprint density at radius 1 is 1.28 bits per heavy atom. The zero-order valence-corrected chi connectivity index (χ0v) is 19.8. The number of esters is 1. The van der Waals surface area contributed by atoms with Gasteiger partial charge in [0.05, 0.1) is 18.9 Å². The molecule has 1 aromatic heterocycles. The van der Waals surface area contributed by atoms with Gasteiger partial charge in [0.25, 0.3) is 0 Å². The van der Waals surface area contributed by atoms with Crippen LogP contribution >= 0.6 is 0 Å². The monoisotopic (exact) mass is 443 g/mol. The van der Waals surface area contributed by atoms with Gasteiger partial charge in [-0.25, -0.2) is 0 Å². The van der Waals surface area contributed by atoms with Crippen molar-refractivity contribution in [1.82, 2.24) is 25.2 Å². The number of aryl methyl sites for hydroxylation is 2. The number of nitrogens with zero attached hydrogens (tertiary/aromatic N) is 4. The van der Waals surface area contributed by atoms with Crippen molar-refractivity contribution in [2.24, 2.45) is 5.92 Å². The number of carbonyl (C=O) groups is 1. The lowest BCUT2D eigenvalue weighted by Crippen LogP contribution is -2.42. The van der Waals surface area contributed by atoms with Gasteiger partial charge in [0, 0.05) is 38.6 Å². The van der Waals surface area contributed by atoms with E-state index in [1.54, 1.807) is 4.68 Å². The molecule has 1 aromatic carbocycles. The molecule has 0 saturated carbocycles. The highest BCUT2D eigenvalue weighted by molar-refractivity contribution is 5.69. The maximum absolute atomic E-state index is 12.0. The summed E-state index contributed by atoms with van der Waals surface area (Å²) in [5.41, 5.74) is 3.43. The van der Waals surface area contributed by atoms with E-state index in [0.717, 1.165) is 25.3 Å². The molecule has 0 radical (unpaired) electrons. The molecule has 0 spiro atoms. The van der Waals surface area contributed by atoms with Gasteiger partial charge in [0.2, 0.25) is 0 Å². The Bertz CT molecular complexity index is 856. The molecule has 3 rings (SSSR count). The third-order valence-electron chi connectivity index (χ3n) is 5.91. The number of carbonyl (C=O) groups excluding carboxylic acids is 1. The van der Waals surface area contributed by atoms with Crippen molar-refractivity contribution in [2.75, 3.05) is 26.7 Å². The first-order chi connectivity index (χ1) is 15.4. The Labute approximate surface area is 191 Å². The third kappa shape index (κ3) is 7.69. The topological polar surface area (TPSA) is 81.5 Å². The number of rotatable bonds is 4. The third-order valence-corrected chi connectivity index (χ3v) is 5.91. The van der Waals surface area contributed by atoms with Gasteiger partial charge in [-0.2, -0.15) is 0 Å². The normalized spacial score (nSPS) is 23.8. The number of fused-ring (bicyclic) bond motifs is 2. The Balaban J connectivity index is 1.67. The van der Waals surface area contributed by atoms with Crippen molar-refractivity contribution in [3.8, 4) is 0 Å².